The Morgan fingerprint density at radius 1 is 0.857 bits per heavy atom. The standard InChI is InChI=1S/C21H16N6S/c1-27-17(21-26-16-18(22)23-12-24-20(16)28-21)15(13-8-4-2-5-9-13)25-19(27)14-10-6-3-7-11-14/h2-12H,1H3,(H2,22,23,24). The fraction of sp³-hybridized carbons (Fsp3) is 0.0476. The van der Waals surface area contributed by atoms with Crippen molar-refractivity contribution in [1.82, 2.24) is 24.5 Å². The largest absolute Gasteiger partial charge is 0.382 e. The van der Waals surface area contributed by atoms with E-state index in [4.69, 9.17) is 15.7 Å². The Balaban J connectivity index is 1.80. The summed E-state index contributed by atoms with van der Waals surface area (Å²) in [7, 11) is 2.01. The van der Waals surface area contributed by atoms with Crippen molar-refractivity contribution in [3.8, 4) is 33.3 Å². The monoisotopic (exact) mass is 384 g/mol. The summed E-state index contributed by atoms with van der Waals surface area (Å²) in [6, 6.07) is 20.3. The van der Waals surface area contributed by atoms with Gasteiger partial charge in [-0.25, -0.2) is 19.9 Å². The second-order valence-electron chi connectivity index (χ2n) is 6.36. The lowest BCUT2D eigenvalue weighted by molar-refractivity contribution is 0.932. The van der Waals surface area contributed by atoms with Gasteiger partial charge >= 0.3 is 0 Å². The van der Waals surface area contributed by atoms with Gasteiger partial charge in [0.05, 0.1) is 5.69 Å². The Labute approximate surface area is 165 Å². The van der Waals surface area contributed by atoms with Crippen LogP contribution in [-0.4, -0.2) is 24.5 Å². The normalized spacial score (nSPS) is 11.2. The molecule has 0 aliphatic rings. The van der Waals surface area contributed by atoms with Gasteiger partial charge in [-0.05, 0) is 0 Å². The molecule has 0 aliphatic carbocycles. The number of rotatable bonds is 3. The molecule has 3 aromatic heterocycles. The van der Waals surface area contributed by atoms with Crippen molar-refractivity contribution < 1.29 is 0 Å². The predicted octanol–water partition coefficient (Wildman–Crippen LogP) is 4.40. The highest BCUT2D eigenvalue weighted by molar-refractivity contribution is 7.21. The van der Waals surface area contributed by atoms with Crippen LogP contribution in [-0.2, 0) is 7.05 Å². The van der Waals surface area contributed by atoms with Crippen molar-refractivity contribution in [1.29, 1.82) is 0 Å². The van der Waals surface area contributed by atoms with Crippen molar-refractivity contribution in [3.63, 3.8) is 0 Å². The van der Waals surface area contributed by atoms with Gasteiger partial charge < -0.3 is 10.3 Å². The third-order valence-electron chi connectivity index (χ3n) is 4.60. The molecule has 0 atom stereocenters. The molecule has 2 N–H and O–H groups in total. The van der Waals surface area contributed by atoms with Gasteiger partial charge in [-0.15, -0.1) is 0 Å². The molecule has 0 aliphatic heterocycles. The van der Waals surface area contributed by atoms with Crippen molar-refractivity contribution >= 4 is 27.5 Å². The maximum Gasteiger partial charge on any atom is 0.154 e. The third kappa shape index (κ3) is 2.64. The van der Waals surface area contributed by atoms with Crippen LogP contribution >= 0.6 is 11.3 Å². The average Bonchev–Trinajstić information content (AvgIpc) is 3.31. The van der Waals surface area contributed by atoms with E-state index in [-0.39, 0.29) is 0 Å². The number of hydrogen-bond donors (Lipinski definition) is 1. The van der Waals surface area contributed by atoms with Gasteiger partial charge in [0, 0.05) is 18.2 Å². The fourth-order valence-electron chi connectivity index (χ4n) is 3.26. The highest BCUT2D eigenvalue weighted by Crippen LogP contribution is 2.38. The number of benzene rings is 2. The second-order valence-corrected chi connectivity index (χ2v) is 7.33. The molecule has 0 spiro atoms. The maximum absolute atomic E-state index is 6.00. The van der Waals surface area contributed by atoms with Crippen LogP contribution in [0.2, 0.25) is 0 Å². The molecular weight excluding hydrogens is 368 g/mol. The van der Waals surface area contributed by atoms with E-state index < -0.39 is 0 Å². The number of nitrogens with zero attached hydrogens (tertiary/aromatic N) is 5. The summed E-state index contributed by atoms with van der Waals surface area (Å²) >= 11 is 1.49. The molecule has 6 nitrogen and oxygen atoms in total. The lowest BCUT2D eigenvalue weighted by atomic mass is 10.1. The predicted molar refractivity (Wildman–Crippen MR) is 113 cm³/mol. The van der Waals surface area contributed by atoms with Gasteiger partial charge in [0.15, 0.2) is 5.82 Å². The van der Waals surface area contributed by atoms with Gasteiger partial charge in [-0.1, -0.05) is 72.0 Å². The Morgan fingerprint density at radius 3 is 2.21 bits per heavy atom. The number of aromatic nitrogens is 5. The highest BCUT2D eigenvalue weighted by atomic mass is 32.1. The Bertz CT molecular complexity index is 1270. The first kappa shape index (κ1) is 16.6. The molecule has 28 heavy (non-hydrogen) atoms. The average molecular weight is 384 g/mol. The molecule has 0 saturated heterocycles. The van der Waals surface area contributed by atoms with E-state index in [9.17, 15) is 0 Å². The van der Waals surface area contributed by atoms with E-state index in [0.717, 1.165) is 38.2 Å². The quantitative estimate of drug-likeness (QED) is 0.498. The first-order valence-corrected chi connectivity index (χ1v) is 9.59. The molecule has 3 heterocycles. The third-order valence-corrected chi connectivity index (χ3v) is 5.57. The molecule has 0 fully saturated rings. The minimum Gasteiger partial charge on any atom is -0.382 e. The minimum absolute atomic E-state index is 0.388. The van der Waals surface area contributed by atoms with Crippen LogP contribution in [0.15, 0.2) is 67.0 Å². The second kappa shape index (κ2) is 6.54. The molecule has 5 rings (SSSR count). The van der Waals surface area contributed by atoms with Crippen LogP contribution < -0.4 is 5.73 Å². The fourth-order valence-corrected chi connectivity index (χ4v) is 4.26. The van der Waals surface area contributed by atoms with Gasteiger partial charge in [0.2, 0.25) is 0 Å². The zero-order valence-electron chi connectivity index (χ0n) is 15.1. The van der Waals surface area contributed by atoms with Crippen LogP contribution in [0.25, 0.3) is 43.7 Å². The van der Waals surface area contributed by atoms with Crippen LogP contribution in [0.4, 0.5) is 5.82 Å². The Hall–Kier alpha value is -3.58. The molecular formula is C21H16N6S. The Morgan fingerprint density at radius 2 is 1.54 bits per heavy atom. The molecule has 0 bridgehead atoms. The summed E-state index contributed by atoms with van der Waals surface area (Å²) < 4.78 is 2.08. The van der Waals surface area contributed by atoms with Crippen LogP contribution in [0.5, 0.6) is 0 Å². The topological polar surface area (TPSA) is 82.5 Å². The lowest BCUT2D eigenvalue weighted by Gasteiger charge is -2.05. The number of fused-ring (bicyclic) bond motifs is 1. The van der Waals surface area contributed by atoms with E-state index in [1.165, 1.54) is 17.7 Å². The SMILES string of the molecule is Cn1c(-c2ccccc2)nc(-c2ccccc2)c1-c1nc2c(N)ncnc2s1. The number of imidazole rings is 1. The summed E-state index contributed by atoms with van der Waals surface area (Å²) in [5.74, 6) is 1.27. The molecule has 0 radical (unpaired) electrons. The molecule has 0 saturated carbocycles. The first-order chi connectivity index (χ1) is 13.7. The van der Waals surface area contributed by atoms with E-state index >= 15 is 0 Å². The maximum atomic E-state index is 6.00. The van der Waals surface area contributed by atoms with Crippen LogP contribution in [0.3, 0.4) is 0 Å². The van der Waals surface area contributed by atoms with Crippen LogP contribution in [0, 0.1) is 0 Å². The van der Waals surface area contributed by atoms with Gasteiger partial charge in [0.1, 0.15) is 33.2 Å². The van der Waals surface area contributed by atoms with Crippen molar-refractivity contribution in [2.24, 2.45) is 7.05 Å². The van der Waals surface area contributed by atoms with E-state index in [1.54, 1.807) is 0 Å². The number of hydrogen-bond acceptors (Lipinski definition) is 6. The number of nitrogens with two attached hydrogens (primary N) is 1. The summed E-state index contributed by atoms with van der Waals surface area (Å²) in [5.41, 5.74) is 10.5. The summed E-state index contributed by atoms with van der Waals surface area (Å²) in [6.45, 7) is 0. The van der Waals surface area contributed by atoms with Gasteiger partial charge in [0.25, 0.3) is 0 Å². The summed E-state index contributed by atoms with van der Waals surface area (Å²) in [6.07, 6.45) is 1.47. The van der Waals surface area contributed by atoms with Crippen molar-refractivity contribution in [2.45, 2.75) is 0 Å². The molecule has 2 aromatic carbocycles. The molecule has 136 valence electrons. The summed E-state index contributed by atoms with van der Waals surface area (Å²) in [4.78, 5) is 18.9. The molecule has 7 heteroatoms. The van der Waals surface area contributed by atoms with E-state index in [0.29, 0.717) is 11.3 Å². The highest BCUT2D eigenvalue weighted by Gasteiger charge is 2.22. The van der Waals surface area contributed by atoms with Gasteiger partial charge in [-0.2, -0.15) is 0 Å². The smallest absolute Gasteiger partial charge is 0.154 e. The number of thiazole rings is 1. The van der Waals surface area contributed by atoms with E-state index in [1.807, 2.05) is 43.4 Å². The zero-order chi connectivity index (χ0) is 19.1. The first-order valence-electron chi connectivity index (χ1n) is 8.77. The van der Waals surface area contributed by atoms with Crippen molar-refractivity contribution in [2.75, 3.05) is 5.73 Å². The zero-order valence-corrected chi connectivity index (χ0v) is 15.9. The van der Waals surface area contributed by atoms with Crippen LogP contribution in [0.1, 0.15) is 0 Å². The van der Waals surface area contributed by atoms with E-state index in [2.05, 4.69) is 38.8 Å². The van der Waals surface area contributed by atoms with Gasteiger partial charge in [-0.3, -0.25) is 0 Å². The Kier molecular flexibility index (Phi) is 3.87. The number of nitrogen functional groups attached to an aromatic ring is 1. The molecule has 5 aromatic rings. The molecule has 0 unspecified atom stereocenters. The lowest BCUT2D eigenvalue weighted by Crippen LogP contribution is -1.96. The number of anilines is 1. The van der Waals surface area contributed by atoms with Crippen molar-refractivity contribution in [3.05, 3.63) is 67.0 Å². The minimum atomic E-state index is 0.388. The summed E-state index contributed by atoms with van der Waals surface area (Å²) in [5, 5.41) is 0.818. The molecule has 0 amide bonds.